The van der Waals surface area contributed by atoms with Crippen molar-refractivity contribution in [1.29, 1.82) is 0 Å². The summed E-state index contributed by atoms with van der Waals surface area (Å²) in [5.41, 5.74) is 1.70. The lowest BCUT2D eigenvalue weighted by Gasteiger charge is -2.15. The van der Waals surface area contributed by atoms with E-state index in [1.54, 1.807) is 60.7 Å². The first-order valence-corrected chi connectivity index (χ1v) is 12.0. The first-order chi connectivity index (χ1) is 17.8. The minimum absolute atomic E-state index is 0.116. The predicted octanol–water partition coefficient (Wildman–Crippen LogP) is 5.59. The number of ether oxygens (including phenoxy) is 1. The summed E-state index contributed by atoms with van der Waals surface area (Å²) in [6.45, 7) is 2.24. The third kappa shape index (κ3) is 5.82. The van der Waals surface area contributed by atoms with Crippen LogP contribution in [0.15, 0.2) is 83.5 Å². The van der Waals surface area contributed by atoms with Crippen LogP contribution in [-0.2, 0) is 14.3 Å². The lowest BCUT2D eigenvalue weighted by atomic mass is 10.1. The zero-order valence-corrected chi connectivity index (χ0v) is 21.1. The molecule has 1 aliphatic rings. The molecule has 0 spiro atoms. The summed E-state index contributed by atoms with van der Waals surface area (Å²) in [5.74, 6) is -2.18. The molecule has 0 atom stereocenters. The van der Waals surface area contributed by atoms with Crippen molar-refractivity contribution in [3.8, 4) is 0 Å². The van der Waals surface area contributed by atoms with Crippen LogP contribution in [0.3, 0.4) is 0 Å². The molecule has 10 heteroatoms. The highest BCUT2D eigenvalue weighted by Crippen LogP contribution is 2.31. The van der Waals surface area contributed by atoms with Gasteiger partial charge in [0.25, 0.3) is 17.7 Å². The number of hydrogen-bond acceptors (Lipinski definition) is 6. The fourth-order valence-electron chi connectivity index (χ4n) is 3.51. The minimum Gasteiger partial charge on any atom is -0.462 e. The summed E-state index contributed by atoms with van der Waals surface area (Å²) in [7, 11) is 0. The van der Waals surface area contributed by atoms with Gasteiger partial charge in [-0.25, -0.2) is 9.69 Å². The highest BCUT2D eigenvalue weighted by atomic mass is 35.5. The van der Waals surface area contributed by atoms with Crippen molar-refractivity contribution in [1.82, 2.24) is 0 Å². The van der Waals surface area contributed by atoms with E-state index in [-0.39, 0.29) is 22.0 Å². The average molecular weight is 538 g/mol. The number of hydrogen-bond donors (Lipinski definition) is 2. The molecule has 8 nitrogen and oxygen atoms in total. The van der Waals surface area contributed by atoms with Gasteiger partial charge in [-0.05, 0) is 67.1 Å². The Bertz CT molecular complexity index is 1420. The zero-order chi connectivity index (χ0) is 26.5. The number of benzene rings is 3. The van der Waals surface area contributed by atoms with Gasteiger partial charge in [-0.1, -0.05) is 42.3 Å². The summed E-state index contributed by atoms with van der Waals surface area (Å²) in [5, 5.41) is 5.68. The lowest BCUT2D eigenvalue weighted by molar-refractivity contribution is -0.120. The first kappa shape index (κ1) is 25.9. The fraction of sp³-hybridized carbons (Fsp3) is 0.111. The largest absolute Gasteiger partial charge is 0.462 e. The van der Waals surface area contributed by atoms with E-state index in [9.17, 15) is 19.2 Å². The number of anilines is 3. The Balaban J connectivity index is 1.46. The van der Waals surface area contributed by atoms with Crippen molar-refractivity contribution < 1.29 is 23.9 Å². The molecule has 188 valence electrons. The molecular formula is C27H21Cl2N3O5. The summed E-state index contributed by atoms with van der Waals surface area (Å²) in [6.07, 6.45) is 0.724. The van der Waals surface area contributed by atoms with Crippen molar-refractivity contribution in [3.05, 3.63) is 99.7 Å². The highest BCUT2D eigenvalue weighted by Gasteiger charge is 2.39. The van der Waals surface area contributed by atoms with E-state index < -0.39 is 23.7 Å². The molecule has 1 heterocycles. The van der Waals surface area contributed by atoms with E-state index in [2.05, 4.69) is 10.6 Å². The van der Waals surface area contributed by atoms with Gasteiger partial charge in [0, 0.05) is 22.0 Å². The molecule has 0 bridgehead atoms. The van der Waals surface area contributed by atoms with Crippen LogP contribution in [0.5, 0.6) is 0 Å². The van der Waals surface area contributed by atoms with E-state index in [4.69, 9.17) is 27.9 Å². The number of esters is 1. The highest BCUT2D eigenvalue weighted by molar-refractivity contribution is 6.53. The number of carbonyl (C=O) groups is 4. The average Bonchev–Trinajstić information content (AvgIpc) is 3.10. The molecule has 0 aliphatic carbocycles. The zero-order valence-electron chi connectivity index (χ0n) is 19.6. The van der Waals surface area contributed by atoms with E-state index >= 15 is 0 Å². The molecule has 1 aliphatic heterocycles. The molecule has 0 fully saturated rings. The molecule has 0 saturated heterocycles. The third-order valence-electron chi connectivity index (χ3n) is 5.30. The number of nitrogens with zero attached hydrogens (tertiary/aromatic N) is 1. The van der Waals surface area contributed by atoms with Gasteiger partial charge in [0.2, 0.25) is 0 Å². The molecule has 0 unspecified atom stereocenters. The molecule has 0 aromatic heterocycles. The van der Waals surface area contributed by atoms with Gasteiger partial charge in [-0.15, -0.1) is 0 Å². The van der Waals surface area contributed by atoms with Crippen LogP contribution in [-0.4, -0.2) is 30.3 Å². The topological polar surface area (TPSA) is 105 Å². The normalized spacial score (nSPS) is 13.1. The van der Waals surface area contributed by atoms with Gasteiger partial charge in [0.1, 0.15) is 10.7 Å². The number of rotatable bonds is 8. The molecule has 3 aromatic carbocycles. The molecule has 0 saturated carbocycles. The first-order valence-electron chi connectivity index (χ1n) is 11.3. The lowest BCUT2D eigenvalue weighted by Crippen LogP contribution is -2.32. The van der Waals surface area contributed by atoms with Gasteiger partial charge in [0.05, 0.1) is 17.9 Å². The van der Waals surface area contributed by atoms with E-state index in [0.29, 0.717) is 28.6 Å². The Morgan fingerprint density at radius 3 is 2.30 bits per heavy atom. The molecule has 4 rings (SSSR count). The maximum absolute atomic E-state index is 13.0. The van der Waals surface area contributed by atoms with Crippen LogP contribution in [0.1, 0.15) is 34.1 Å². The number of imide groups is 1. The summed E-state index contributed by atoms with van der Waals surface area (Å²) in [4.78, 5) is 51.3. The Morgan fingerprint density at radius 1 is 0.865 bits per heavy atom. The Labute approximate surface area is 222 Å². The third-order valence-corrected chi connectivity index (χ3v) is 5.89. The van der Waals surface area contributed by atoms with Crippen molar-refractivity contribution in [3.63, 3.8) is 0 Å². The van der Waals surface area contributed by atoms with Gasteiger partial charge in [-0.2, -0.15) is 0 Å². The van der Waals surface area contributed by atoms with E-state index in [0.717, 1.165) is 11.3 Å². The van der Waals surface area contributed by atoms with Crippen LogP contribution < -0.4 is 15.5 Å². The number of amides is 3. The van der Waals surface area contributed by atoms with Crippen molar-refractivity contribution in [2.45, 2.75) is 13.3 Å². The number of nitrogens with one attached hydrogen (secondary N) is 2. The van der Waals surface area contributed by atoms with E-state index in [1.165, 1.54) is 12.1 Å². The minimum atomic E-state index is -0.688. The summed E-state index contributed by atoms with van der Waals surface area (Å²) < 4.78 is 5.09. The molecule has 3 aromatic rings. The SMILES string of the molecule is CCCOC(=O)c1ccc(NC(=O)c2cccc(NC3=C(Cl)C(=O)N(c4cccc(Cl)c4)C3=O)c2)cc1. The fourth-order valence-corrected chi connectivity index (χ4v) is 3.91. The molecule has 3 amide bonds. The predicted molar refractivity (Wildman–Crippen MR) is 142 cm³/mol. The second-order valence-corrected chi connectivity index (χ2v) is 8.80. The molecule has 0 radical (unpaired) electrons. The monoisotopic (exact) mass is 537 g/mol. The quantitative estimate of drug-likeness (QED) is 0.286. The van der Waals surface area contributed by atoms with Crippen LogP contribution in [0.2, 0.25) is 5.02 Å². The number of carbonyl (C=O) groups excluding carboxylic acids is 4. The maximum Gasteiger partial charge on any atom is 0.338 e. The smallest absolute Gasteiger partial charge is 0.338 e. The standard InChI is InChI=1S/C27H21Cl2N3O5/c1-2-13-37-27(36)16-9-11-19(12-10-16)31-24(33)17-5-3-7-20(14-17)30-23-22(29)25(34)32(26(23)35)21-8-4-6-18(28)15-21/h3-12,14-15,30H,2,13H2,1H3,(H,31,33). The van der Waals surface area contributed by atoms with Crippen LogP contribution in [0.4, 0.5) is 17.1 Å². The second-order valence-electron chi connectivity index (χ2n) is 7.99. The van der Waals surface area contributed by atoms with Crippen LogP contribution in [0.25, 0.3) is 0 Å². The number of halogens is 2. The summed E-state index contributed by atoms with van der Waals surface area (Å²) >= 11 is 12.2. The van der Waals surface area contributed by atoms with Gasteiger partial charge in [-0.3, -0.25) is 14.4 Å². The Kier molecular flexibility index (Phi) is 7.91. The van der Waals surface area contributed by atoms with Crippen molar-refractivity contribution in [2.75, 3.05) is 22.1 Å². The molecular weight excluding hydrogens is 517 g/mol. The Morgan fingerprint density at radius 2 is 1.59 bits per heavy atom. The van der Waals surface area contributed by atoms with Crippen molar-refractivity contribution in [2.24, 2.45) is 0 Å². The molecule has 37 heavy (non-hydrogen) atoms. The van der Waals surface area contributed by atoms with Gasteiger partial charge < -0.3 is 15.4 Å². The van der Waals surface area contributed by atoms with E-state index in [1.807, 2.05) is 6.92 Å². The van der Waals surface area contributed by atoms with Gasteiger partial charge in [0.15, 0.2) is 0 Å². The Hall–Kier alpha value is -4.14. The summed E-state index contributed by atoms with van der Waals surface area (Å²) in [6, 6.07) is 19.0. The van der Waals surface area contributed by atoms with Crippen LogP contribution >= 0.6 is 23.2 Å². The second kappa shape index (κ2) is 11.3. The van der Waals surface area contributed by atoms with Crippen LogP contribution in [0, 0.1) is 0 Å². The van der Waals surface area contributed by atoms with Crippen molar-refractivity contribution >= 4 is 64.0 Å². The maximum atomic E-state index is 13.0. The molecule has 2 N–H and O–H groups in total. The van der Waals surface area contributed by atoms with Gasteiger partial charge >= 0.3 is 5.97 Å².